The highest BCUT2D eigenvalue weighted by molar-refractivity contribution is 7.91. The molecule has 0 radical (unpaired) electrons. The number of nitrogens with zero attached hydrogens (tertiary/aromatic N) is 2. The summed E-state index contributed by atoms with van der Waals surface area (Å²) in [5.74, 6) is 0.542. The number of sulfonamides is 1. The summed E-state index contributed by atoms with van der Waals surface area (Å²) in [6.07, 6.45) is 8.15. The maximum Gasteiger partial charge on any atom is 0.254 e. The Morgan fingerprint density at radius 1 is 1.26 bits per heavy atom. The Hall–Kier alpha value is -0.170. The average Bonchev–Trinajstić information content (AvgIpc) is 3.09. The monoisotopic (exact) mass is 320 g/mol. The van der Waals surface area contributed by atoms with Crippen LogP contribution in [0, 0.1) is 5.92 Å². The topological polar surface area (TPSA) is 50.3 Å². The molecule has 1 unspecified atom stereocenters. The second-order valence-electron chi connectivity index (χ2n) is 5.30. The molecular weight excluding hydrogens is 304 g/mol. The van der Waals surface area contributed by atoms with E-state index >= 15 is 0 Å². The van der Waals surface area contributed by atoms with E-state index in [4.69, 9.17) is 11.6 Å². The Labute approximate surface area is 122 Å². The number of hydrogen-bond donors (Lipinski definition) is 0. The fraction of sp³-hybridized carbons (Fsp3) is 0.750. The number of aromatic nitrogens is 1. The van der Waals surface area contributed by atoms with Gasteiger partial charge in [0.05, 0.1) is 6.20 Å². The average molecular weight is 321 g/mol. The number of thiazole rings is 1. The van der Waals surface area contributed by atoms with E-state index in [1.807, 2.05) is 0 Å². The van der Waals surface area contributed by atoms with Gasteiger partial charge in [0.25, 0.3) is 10.0 Å². The van der Waals surface area contributed by atoms with Crippen LogP contribution in [0.15, 0.2) is 10.4 Å². The first-order valence-corrected chi connectivity index (χ1v) is 9.35. The highest BCUT2D eigenvalue weighted by atomic mass is 35.5. The van der Waals surface area contributed by atoms with Crippen LogP contribution in [0.25, 0.3) is 0 Å². The van der Waals surface area contributed by atoms with Crippen LogP contribution in [0.3, 0.4) is 0 Å². The summed E-state index contributed by atoms with van der Waals surface area (Å²) < 4.78 is 27.6. The van der Waals surface area contributed by atoms with Gasteiger partial charge in [0.1, 0.15) is 0 Å². The molecule has 19 heavy (non-hydrogen) atoms. The summed E-state index contributed by atoms with van der Waals surface area (Å²) in [6, 6.07) is 0.188. The highest BCUT2D eigenvalue weighted by Crippen LogP contribution is 2.39. The normalized spacial score (nSPS) is 26.3. The first-order chi connectivity index (χ1) is 9.09. The molecule has 1 aromatic rings. The molecule has 0 bridgehead atoms. The zero-order valence-electron chi connectivity index (χ0n) is 10.6. The van der Waals surface area contributed by atoms with Crippen LogP contribution in [0.5, 0.6) is 0 Å². The van der Waals surface area contributed by atoms with E-state index in [9.17, 15) is 8.42 Å². The van der Waals surface area contributed by atoms with E-state index in [0.717, 1.165) is 24.2 Å². The van der Waals surface area contributed by atoms with Crippen molar-refractivity contribution in [2.45, 2.75) is 48.8 Å². The number of rotatable bonds is 3. The van der Waals surface area contributed by atoms with Crippen LogP contribution in [-0.4, -0.2) is 30.3 Å². The van der Waals surface area contributed by atoms with Crippen molar-refractivity contribution in [1.29, 1.82) is 0 Å². The lowest BCUT2D eigenvalue weighted by Crippen LogP contribution is -2.39. The van der Waals surface area contributed by atoms with Crippen molar-refractivity contribution in [2.24, 2.45) is 5.92 Å². The third kappa shape index (κ3) is 2.55. The van der Waals surface area contributed by atoms with Gasteiger partial charge in [-0.3, -0.25) is 0 Å². The molecule has 2 fully saturated rings. The van der Waals surface area contributed by atoms with E-state index < -0.39 is 10.0 Å². The Bertz CT molecular complexity index is 552. The van der Waals surface area contributed by atoms with Crippen LogP contribution in [0.1, 0.15) is 38.5 Å². The third-order valence-corrected chi connectivity index (χ3v) is 7.69. The molecule has 0 N–H and O–H groups in total. The van der Waals surface area contributed by atoms with E-state index in [2.05, 4.69) is 4.98 Å². The molecule has 2 heterocycles. The van der Waals surface area contributed by atoms with Crippen LogP contribution in [0.4, 0.5) is 0 Å². The standard InChI is InChI=1S/C12H17ClN2O2S2/c13-12-14-8-11(18-12)19(16,17)15-7-3-6-10(15)9-4-1-2-5-9/h8-10H,1-7H2. The van der Waals surface area contributed by atoms with E-state index in [-0.39, 0.29) is 14.7 Å². The molecule has 1 atom stereocenters. The summed E-state index contributed by atoms with van der Waals surface area (Å²) in [7, 11) is -3.40. The summed E-state index contributed by atoms with van der Waals surface area (Å²) >= 11 is 6.81. The predicted molar refractivity (Wildman–Crippen MR) is 76.0 cm³/mol. The molecule has 0 spiro atoms. The lowest BCUT2D eigenvalue weighted by atomic mass is 9.97. The molecule has 1 saturated carbocycles. The molecule has 0 amide bonds. The van der Waals surface area contributed by atoms with Crippen LogP contribution in [-0.2, 0) is 10.0 Å². The van der Waals surface area contributed by atoms with E-state index in [1.54, 1.807) is 4.31 Å². The number of hydrogen-bond acceptors (Lipinski definition) is 4. The Kier molecular flexibility index (Phi) is 3.86. The minimum absolute atomic E-state index is 0.188. The molecule has 0 aromatic carbocycles. The largest absolute Gasteiger partial charge is 0.254 e. The lowest BCUT2D eigenvalue weighted by molar-refractivity contribution is 0.289. The third-order valence-electron chi connectivity index (χ3n) is 4.21. The van der Waals surface area contributed by atoms with Gasteiger partial charge in [-0.05, 0) is 31.6 Å². The second kappa shape index (κ2) is 5.31. The zero-order valence-corrected chi connectivity index (χ0v) is 13.0. The molecule has 106 valence electrons. The van der Waals surface area contributed by atoms with Crippen LogP contribution >= 0.6 is 22.9 Å². The maximum atomic E-state index is 12.7. The van der Waals surface area contributed by atoms with Gasteiger partial charge in [-0.2, -0.15) is 4.31 Å². The van der Waals surface area contributed by atoms with Crippen LogP contribution < -0.4 is 0 Å². The summed E-state index contributed by atoms with van der Waals surface area (Å²) in [4.78, 5) is 3.85. The quantitative estimate of drug-likeness (QED) is 0.859. The maximum absolute atomic E-state index is 12.7. The van der Waals surface area contributed by atoms with Gasteiger partial charge in [0, 0.05) is 12.6 Å². The smallest absolute Gasteiger partial charge is 0.232 e. The van der Waals surface area contributed by atoms with Crippen molar-refractivity contribution >= 4 is 33.0 Å². The summed E-state index contributed by atoms with van der Waals surface area (Å²) in [5.41, 5.74) is 0. The van der Waals surface area contributed by atoms with Crippen LogP contribution in [0.2, 0.25) is 4.47 Å². The zero-order chi connectivity index (χ0) is 13.5. The minimum Gasteiger partial charge on any atom is -0.232 e. The van der Waals surface area contributed by atoms with E-state index in [0.29, 0.717) is 12.5 Å². The SMILES string of the molecule is O=S(=O)(c1cnc(Cl)s1)N1CCCC1C1CCCC1. The van der Waals surface area contributed by atoms with Crippen molar-refractivity contribution in [3.63, 3.8) is 0 Å². The molecule has 7 heteroatoms. The molecule has 4 nitrogen and oxygen atoms in total. The van der Waals surface area contributed by atoms with E-state index in [1.165, 1.54) is 31.9 Å². The minimum atomic E-state index is -3.40. The van der Waals surface area contributed by atoms with Gasteiger partial charge in [-0.1, -0.05) is 35.8 Å². The van der Waals surface area contributed by atoms with Crippen molar-refractivity contribution in [3.05, 3.63) is 10.7 Å². The molecule has 1 saturated heterocycles. The molecule has 1 aromatic heterocycles. The second-order valence-corrected chi connectivity index (χ2v) is 9.03. The highest BCUT2D eigenvalue weighted by Gasteiger charge is 2.40. The fourth-order valence-corrected chi connectivity index (χ4v) is 6.53. The van der Waals surface area contributed by atoms with Gasteiger partial charge >= 0.3 is 0 Å². The Morgan fingerprint density at radius 2 is 2.00 bits per heavy atom. The van der Waals surface area contributed by atoms with Gasteiger partial charge in [-0.25, -0.2) is 13.4 Å². The summed E-state index contributed by atoms with van der Waals surface area (Å²) in [6.45, 7) is 0.638. The van der Waals surface area contributed by atoms with Gasteiger partial charge in [-0.15, -0.1) is 0 Å². The summed E-state index contributed by atoms with van der Waals surface area (Å²) in [5, 5.41) is 0. The molecule has 1 aliphatic carbocycles. The molecule has 2 aliphatic rings. The lowest BCUT2D eigenvalue weighted by Gasteiger charge is -2.27. The molecular formula is C12H17ClN2O2S2. The molecule has 1 aliphatic heterocycles. The fourth-order valence-electron chi connectivity index (χ4n) is 3.35. The van der Waals surface area contributed by atoms with Gasteiger partial charge < -0.3 is 0 Å². The van der Waals surface area contributed by atoms with Crippen molar-refractivity contribution in [2.75, 3.05) is 6.54 Å². The van der Waals surface area contributed by atoms with Crippen molar-refractivity contribution in [1.82, 2.24) is 9.29 Å². The Morgan fingerprint density at radius 3 is 2.63 bits per heavy atom. The number of halogens is 1. The Balaban J connectivity index is 1.87. The first-order valence-electron chi connectivity index (χ1n) is 6.72. The first kappa shape index (κ1) is 13.8. The van der Waals surface area contributed by atoms with Gasteiger partial charge in [0.15, 0.2) is 8.68 Å². The van der Waals surface area contributed by atoms with Crippen molar-refractivity contribution in [3.8, 4) is 0 Å². The predicted octanol–water partition coefficient (Wildman–Crippen LogP) is 3.14. The van der Waals surface area contributed by atoms with Crippen molar-refractivity contribution < 1.29 is 8.42 Å². The van der Waals surface area contributed by atoms with Gasteiger partial charge in [0.2, 0.25) is 0 Å². The molecule has 3 rings (SSSR count).